The molecule has 0 saturated heterocycles. The number of benzene rings is 2. The zero-order valence-corrected chi connectivity index (χ0v) is 12.3. The van der Waals surface area contributed by atoms with E-state index in [1.54, 1.807) is 12.1 Å². The van der Waals surface area contributed by atoms with E-state index in [0.29, 0.717) is 5.92 Å². The van der Waals surface area contributed by atoms with Crippen molar-refractivity contribution in [3.63, 3.8) is 0 Å². The molecule has 4 heteroatoms. The molecule has 4 nitrogen and oxygen atoms in total. The highest BCUT2D eigenvalue weighted by atomic mass is 16.6. The van der Waals surface area contributed by atoms with Crippen molar-refractivity contribution in [1.82, 2.24) is 0 Å². The van der Waals surface area contributed by atoms with Gasteiger partial charge in [-0.05, 0) is 41.7 Å². The molecule has 108 valence electrons. The first kappa shape index (κ1) is 14.9. The minimum absolute atomic E-state index is 0.144. The van der Waals surface area contributed by atoms with Crippen molar-refractivity contribution in [2.24, 2.45) is 0 Å². The van der Waals surface area contributed by atoms with Gasteiger partial charge in [0.15, 0.2) is 5.78 Å². The van der Waals surface area contributed by atoms with Gasteiger partial charge in [0.25, 0.3) is 5.69 Å². The van der Waals surface area contributed by atoms with Gasteiger partial charge in [0.05, 0.1) is 10.5 Å². The Balaban J connectivity index is 2.47. The Bertz CT molecular complexity index is 688. The number of rotatable bonds is 4. The number of carbonyl (C=O) groups is 1. The molecular formula is C17H17NO3. The van der Waals surface area contributed by atoms with Crippen LogP contribution in [0, 0.1) is 10.1 Å². The van der Waals surface area contributed by atoms with Crippen LogP contribution in [0.5, 0.6) is 0 Å². The summed E-state index contributed by atoms with van der Waals surface area (Å²) in [5.74, 6) is 0.144. The molecule has 0 saturated carbocycles. The maximum absolute atomic E-state index is 11.6. The Morgan fingerprint density at radius 2 is 1.62 bits per heavy atom. The number of ketones is 1. The van der Waals surface area contributed by atoms with Gasteiger partial charge in [0.2, 0.25) is 0 Å². The predicted octanol–water partition coefficient (Wildman–Crippen LogP) is 4.59. The van der Waals surface area contributed by atoms with Crippen molar-refractivity contribution in [3.8, 4) is 11.1 Å². The van der Waals surface area contributed by atoms with Crippen molar-refractivity contribution in [2.45, 2.75) is 26.7 Å². The van der Waals surface area contributed by atoms with Crippen LogP contribution in [0.3, 0.4) is 0 Å². The molecule has 0 N–H and O–H groups in total. The summed E-state index contributed by atoms with van der Waals surface area (Å²) >= 11 is 0. The monoisotopic (exact) mass is 283 g/mol. The van der Waals surface area contributed by atoms with Gasteiger partial charge in [-0.15, -0.1) is 0 Å². The third-order valence-corrected chi connectivity index (χ3v) is 3.48. The molecule has 0 fully saturated rings. The highest BCUT2D eigenvalue weighted by molar-refractivity contribution is 5.99. The fraction of sp³-hybridized carbons (Fsp3) is 0.235. The Labute approximate surface area is 123 Å². The summed E-state index contributed by atoms with van der Waals surface area (Å²) in [7, 11) is 0. The van der Waals surface area contributed by atoms with Gasteiger partial charge in [0, 0.05) is 6.07 Å². The van der Waals surface area contributed by atoms with E-state index in [0.717, 1.165) is 11.1 Å². The molecule has 0 aromatic heterocycles. The average molecular weight is 283 g/mol. The molecule has 2 aromatic rings. The molecule has 0 amide bonds. The van der Waals surface area contributed by atoms with Gasteiger partial charge < -0.3 is 0 Å². The molecule has 0 aliphatic heterocycles. The SMILES string of the molecule is CC(=O)c1cc(-c2ccc(C(C)C)cc2)ccc1[N+](=O)[O-]. The summed E-state index contributed by atoms with van der Waals surface area (Å²) < 4.78 is 0. The molecular weight excluding hydrogens is 266 g/mol. The van der Waals surface area contributed by atoms with Crippen molar-refractivity contribution in [3.05, 3.63) is 63.7 Å². The molecule has 2 rings (SSSR count). The van der Waals surface area contributed by atoms with E-state index >= 15 is 0 Å². The third-order valence-electron chi connectivity index (χ3n) is 3.48. The largest absolute Gasteiger partial charge is 0.294 e. The molecule has 2 aromatic carbocycles. The first-order valence-corrected chi connectivity index (χ1v) is 6.80. The van der Waals surface area contributed by atoms with Crippen molar-refractivity contribution in [2.75, 3.05) is 0 Å². The Morgan fingerprint density at radius 3 is 2.10 bits per heavy atom. The van der Waals surface area contributed by atoms with Gasteiger partial charge in [-0.2, -0.15) is 0 Å². The van der Waals surface area contributed by atoms with Gasteiger partial charge in [-0.25, -0.2) is 0 Å². The molecule has 21 heavy (non-hydrogen) atoms. The second-order valence-corrected chi connectivity index (χ2v) is 5.32. The number of hydrogen-bond acceptors (Lipinski definition) is 3. The Hall–Kier alpha value is -2.49. The maximum atomic E-state index is 11.6. The van der Waals surface area contributed by atoms with Crippen LogP contribution in [-0.4, -0.2) is 10.7 Å². The number of Topliss-reactive ketones (excluding diaryl/α,β-unsaturated/α-hetero) is 1. The van der Waals surface area contributed by atoms with E-state index < -0.39 is 4.92 Å². The molecule has 0 spiro atoms. The molecule has 0 atom stereocenters. The van der Waals surface area contributed by atoms with E-state index in [1.165, 1.54) is 18.6 Å². The van der Waals surface area contributed by atoms with Crippen LogP contribution in [0.15, 0.2) is 42.5 Å². The smallest absolute Gasteiger partial charge is 0.280 e. The molecule has 0 heterocycles. The topological polar surface area (TPSA) is 60.2 Å². The second-order valence-electron chi connectivity index (χ2n) is 5.32. The van der Waals surface area contributed by atoms with E-state index in [-0.39, 0.29) is 17.0 Å². The lowest BCUT2D eigenvalue weighted by Gasteiger charge is -2.08. The summed E-state index contributed by atoms with van der Waals surface area (Å²) in [6, 6.07) is 12.7. The number of nitro groups is 1. The van der Waals surface area contributed by atoms with Gasteiger partial charge in [-0.1, -0.05) is 38.1 Å². The van der Waals surface area contributed by atoms with Gasteiger partial charge in [0.1, 0.15) is 0 Å². The average Bonchev–Trinajstić information content (AvgIpc) is 2.46. The fourth-order valence-corrected chi connectivity index (χ4v) is 2.22. The van der Waals surface area contributed by atoms with E-state index in [2.05, 4.69) is 13.8 Å². The standard InChI is InChI=1S/C17H17NO3/c1-11(2)13-4-6-14(7-5-13)15-8-9-17(18(20)21)16(10-15)12(3)19/h4-11H,1-3H3. The lowest BCUT2D eigenvalue weighted by Crippen LogP contribution is -2.00. The first-order chi connectivity index (χ1) is 9.90. The van der Waals surface area contributed by atoms with Gasteiger partial charge >= 0.3 is 0 Å². The highest BCUT2D eigenvalue weighted by Crippen LogP contribution is 2.28. The lowest BCUT2D eigenvalue weighted by molar-refractivity contribution is -0.385. The second kappa shape index (κ2) is 5.87. The number of nitrogens with zero attached hydrogens (tertiary/aromatic N) is 1. The minimum Gasteiger partial charge on any atom is -0.294 e. The Kier molecular flexibility index (Phi) is 4.17. The molecule has 0 unspecified atom stereocenters. The predicted molar refractivity (Wildman–Crippen MR) is 82.6 cm³/mol. The molecule has 0 radical (unpaired) electrons. The minimum atomic E-state index is -0.525. The number of hydrogen-bond donors (Lipinski definition) is 0. The zero-order valence-electron chi connectivity index (χ0n) is 12.3. The van der Waals surface area contributed by atoms with Crippen LogP contribution in [0.4, 0.5) is 5.69 Å². The highest BCUT2D eigenvalue weighted by Gasteiger charge is 2.18. The van der Waals surface area contributed by atoms with Crippen LogP contribution in [-0.2, 0) is 0 Å². The van der Waals surface area contributed by atoms with Crippen LogP contribution < -0.4 is 0 Å². The quantitative estimate of drug-likeness (QED) is 0.468. The first-order valence-electron chi connectivity index (χ1n) is 6.80. The van der Waals surface area contributed by atoms with Crippen molar-refractivity contribution < 1.29 is 9.72 Å². The summed E-state index contributed by atoms with van der Waals surface area (Å²) in [5.41, 5.74) is 2.97. The fourth-order valence-electron chi connectivity index (χ4n) is 2.22. The number of nitro benzene ring substituents is 1. The molecule has 0 aliphatic carbocycles. The lowest BCUT2D eigenvalue weighted by atomic mass is 9.97. The summed E-state index contributed by atoms with van der Waals surface area (Å²) in [4.78, 5) is 22.0. The van der Waals surface area contributed by atoms with Crippen molar-refractivity contribution in [1.29, 1.82) is 0 Å². The van der Waals surface area contributed by atoms with Crippen LogP contribution in [0.1, 0.15) is 42.6 Å². The normalized spacial score (nSPS) is 10.7. The van der Waals surface area contributed by atoms with E-state index in [4.69, 9.17) is 0 Å². The molecule has 0 aliphatic rings. The maximum Gasteiger partial charge on any atom is 0.280 e. The van der Waals surface area contributed by atoms with Crippen LogP contribution in [0.2, 0.25) is 0 Å². The Morgan fingerprint density at radius 1 is 1.05 bits per heavy atom. The summed E-state index contributed by atoms with van der Waals surface area (Å²) in [5, 5.41) is 10.9. The zero-order chi connectivity index (χ0) is 15.6. The van der Waals surface area contributed by atoms with Crippen LogP contribution in [0.25, 0.3) is 11.1 Å². The van der Waals surface area contributed by atoms with E-state index in [1.807, 2.05) is 24.3 Å². The van der Waals surface area contributed by atoms with Crippen molar-refractivity contribution >= 4 is 11.5 Å². The third kappa shape index (κ3) is 3.16. The van der Waals surface area contributed by atoms with Gasteiger partial charge in [-0.3, -0.25) is 14.9 Å². The summed E-state index contributed by atoms with van der Waals surface area (Å²) in [6.45, 7) is 5.58. The molecule has 0 bridgehead atoms. The summed E-state index contributed by atoms with van der Waals surface area (Å²) in [6.07, 6.45) is 0. The number of carbonyl (C=O) groups excluding carboxylic acids is 1. The van der Waals surface area contributed by atoms with E-state index in [9.17, 15) is 14.9 Å². The van der Waals surface area contributed by atoms with Crippen LogP contribution >= 0.6 is 0 Å².